The summed E-state index contributed by atoms with van der Waals surface area (Å²) in [5.41, 5.74) is 3.94. The Bertz CT molecular complexity index is 307. The summed E-state index contributed by atoms with van der Waals surface area (Å²) in [6, 6.07) is 4.40. The van der Waals surface area contributed by atoms with E-state index in [0.29, 0.717) is 0 Å². The molecule has 0 radical (unpaired) electrons. The number of pyridine rings is 1. The van der Waals surface area contributed by atoms with Crippen molar-refractivity contribution in [1.29, 1.82) is 0 Å². The third kappa shape index (κ3) is 1.73. The van der Waals surface area contributed by atoms with Crippen LogP contribution in [0.3, 0.4) is 0 Å². The molecule has 0 fully saturated rings. The van der Waals surface area contributed by atoms with Crippen LogP contribution >= 0.6 is 0 Å². The second-order valence-electron chi connectivity index (χ2n) is 3.75. The number of hydrogen-bond donors (Lipinski definition) is 0. The van der Waals surface area contributed by atoms with Crippen molar-refractivity contribution < 1.29 is 0 Å². The smallest absolute Gasteiger partial charge is 0.0579 e. The lowest BCUT2D eigenvalue weighted by Crippen LogP contribution is -2.27. The zero-order valence-corrected chi connectivity index (χ0v) is 8.38. The highest BCUT2D eigenvalue weighted by molar-refractivity contribution is 5.25. The zero-order chi connectivity index (χ0) is 9.26. The molecule has 0 N–H and O–H groups in total. The minimum Gasteiger partial charge on any atom is -0.300 e. The topological polar surface area (TPSA) is 16.1 Å². The average molecular weight is 176 g/mol. The van der Waals surface area contributed by atoms with Crippen molar-refractivity contribution in [3.8, 4) is 0 Å². The molecule has 0 spiro atoms. The Balaban J connectivity index is 2.32. The molecule has 0 saturated carbocycles. The van der Waals surface area contributed by atoms with Crippen molar-refractivity contribution >= 4 is 0 Å². The monoisotopic (exact) mass is 176 g/mol. The second-order valence-corrected chi connectivity index (χ2v) is 3.75. The van der Waals surface area contributed by atoms with Crippen LogP contribution in [0.5, 0.6) is 0 Å². The van der Waals surface area contributed by atoms with Gasteiger partial charge >= 0.3 is 0 Å². The highest BCUT2D eigenvalue weighted by Gasteiger charge is 2.13. The van der Waals surface area contributed by atoms with Gasteiger partial charge in [0.25, 0.3) is 0 Å². The first-order chi connectivity index (χ1) is 6.29. The Morgan fingerprint density at radius 3 is 3.08 bits per heavy atom. The second kappa shape index (κ2) is 3.46. The van der Waals surface area contributed by atoms with Crippen molar-refractivity contribution in [3.05, 3.63) is 29.1 Å². The third-order valence-electron chi connectivity index (χ3n) is 2.67. The number of aromatic nitrogens is 1. The molecule has 0 amide bonds. The van der Waals surface area contributed by atoms with Gasteiger partial charge in [-0.2, -0.15) is 0 Å². The molecule has 1 aliphatic rings. The zero-order valence-electron chi connectivity index (χ0n) is 8.38. The molecule has 2 heterocycles. The lowest BCUT2D eigenvalue weighted by Gasteiger charge is -2.24. The van der Waals surface area contributed by atoms with Gasteiger partial charge in [0.15, 0.2) is 0 Å². The van der Waals surface area contributed by atoms with Crippen LogP contribution < -0.4 is 0 Å². The Hall–Kier alpha value is -0.890. The van der Waals surface area contributed by atoms with Crippen LogP contribution in [0.25, 0.3) is 0 Å². The molecule has 0 saturated heterocycles. The molecule has 0 atom stereocenters. The minimum absolute atomic E-state index is 1.02. The highest BCUT2D eigenvalue weighted by atomic mass is 15.1. The van der Waals surface area contributed by atoms with E-state index in [-0.39, 0.29) is 0 Å². The van der Waals surface area contributed by atoms with Crippen LogP contribution in [-0.2, 0) is 19.4 Å². The predicted molar refractivity (Wildman–Crippen MR) is 53.7 cm³/mol. The van der Waals surface area contributed by atoms with Gasteiger partial charge in [0.2, 0.25) is 0 Å². The number of hydrogen-bond acceptors (Lipinski definition) is 2. The fourth-order valence-corrected chi connectivity index (χ4v) is 1.78. The number of aryl methyl sites for hydroxylation is 1. The van der Waals surface area contributed by atoms with E-state index in [9.17, 15) is 0 Å². The van der Waals surface area contributed by atoms with Gasteiger partial charge in [0.05, 0.1) is 5.69 Å². The van der Waals surface area contributed by atoms with Gasteiger partial charge in [0.1, 0.15) is 0 Å². The van der Waals surface area contributed by atoms with E-state index in [1.807, 2.05) is 0 Å². The summed E-state index contributed by atoms with van der Waals surface area (Å²) in [6.07, 6.45) is 2.19. The molecule has 0 aliphatic carbocycles. The Kier molecular flexibility index (Phi) is 2.32. The summed E-state index contributed by atoms with van der Waals surface area (Å²) in [4.78, 5) is 6.97. The molecule has 1 aromatic heterocycles. The molecule has 1 aliphatic heterocycles. The molecule has 2 nitrogen and oxygen atoms in total. The molecule has 1 aromatic rings. The van der Waals surface area contributed by atoms with Crippen molar-refractivity contribution in [3.63, 3.8) is 0 Å². The van der Waals surface area contributed by atoms with Gasteiger partial charge in [-0.15, -0.1) is 0 Å². The van der Waals surface area contributed by atoms with Crippen LogP contribution in [0.15, 0.2) is 12.1 Å². The summed E-state index contributed by atoms with van der Waals surface area (Å²) < 4.78 is 0. The van der Waals surface area contributed by atoms with Crippen LogP contribution in [0.2, 0.25) is 0 Å². The molecule has 0 unspecified atom stereocenters. The largest absolute Gasteiger partial charge is 0.300 e. The summed E-state index contributed by atoms with van der Waals surface area (Å²) in [7, 11) is 2.16. The maximum absolute atomic E-state index is 4.64. The third-order valence-corrected chi connectivity index (χ3v) is 2.67. The maximum Gasteiger partial charge on any atom is 0.0579 e. The maximum atomic E-state index is 4.64. The summed E-state index contributed by atoms with van der Waals surface area (Å²) in [5.74, 6) is 0. The van der Waals surface area contributed by atoms with Gasteiger partial charge in [-0.25, -0.2) is 0 Å². The minimum atomic E-state index is 1.02. The van der Waals surface area contributed by atoms with Crippen molar-refractivity contribution in [2.45, 2.75) is 26.3 Å². The molecule has 0 aromatic carbocycles. The fourth-order valence-electron chi connectivity index (χ4n) is 1.78. The average Bonchev–Trinajstić information content (AvgIpc) is 2.16. The standard InChI is InChI=1S/C11H16N2/c1-3-10-5-4-9-6-7-13(2)8-11(9)12-10/h4-5H,3,6-8H2,1-2H3. The van der Waals surface area contributed by atoms with E-state index in [0.717, 1.165) is 19.4 Å². The van der Waals surface area contributed by atoms with Gasteiger partial charge in [-0.05, 0) is 31.5 Å². The summed E-state index contributed by atoms with van der Waals surface area (Å²) in [6.45, 7) is 4.34. The number of fused-ring (bicyclic) bond motifs is 1. The number of nitrogens with zero attached hydrogens (tertiary/aromatic N) is 2. The molecule has 13 heavy (non-hydrogen) atoms. The Labute approximate surface area is 79.6 Å². The van der Waals surface area contributed by atoms with Crippen LogP contribution in [-0.4, -0.2) is 23.5 Å². The first kappa shape index (κ1) is 8.70. The van der Waals surface area contributed by atoms with Crippen molar-refractivity contribution in [2.24, 2.45) is 0 Å². The van der Waals surface area contributed by atoms with Gasteiger partial charge < -0.3 is 4.90 Å². The van der Waals surface area contributed by atoms with Gasteiger partial charge in [0, 0.05) is 18.8 Å². The van der Waals surface area contributed by atoms with Crippen LogP contribution in [0.4, 0.5) is 0 Å². The number of rotatable bonds is 1. The Morgan fingerprint density at radius 1 is 1.46 bits per heavy atom. The SMILES string of the molecule is CCc1ccc2c(n1)CN(C)CC2. The van der Waals surface area contributed by atoms with Gasteiger partial charge in [-0.1, -0.05) is 13.0 Å². The van der Waals surface area contributed by atoms with Crippen molar-refractivity contribution in [2.75, 3.05) is 13.6 Å². The molecule has 70 valence electrons. The van der Waals surface area contributed by atoms with Crippen LogP contribution in [0, 0.1) is 0 Å². The fraction of sp³-hybridized carbons (Fsp3) is 0.545. The van der Waals surface area contributed by atoms with E-state index >= 15 is 0 Å². The first-order valence-electron chi connectivity index (χ1n) is 4.96. The van der Waals surface area contributed by atoms with Crippen LogP contribution in [0.1, 0.15) is 23.9 Å². The molecule has 0 bridgehead atoms. The highest BCUT2D eigenvalue weighted by Crippen LogP contribution is 2.16. The normalized spacial score (nSPS) is 17.1. The summed E-state index contributed by atoms with van der Waals surface area (Å²) in [5, 5.41) is 0. The van der Waals surface area contributed by atoms with E-state index in [1.165, 1.54) is 23.5 Å². The van der Waals surface area contributed by atoms with E-state index in [2.05, 4.69) is 36.0 Å². The van der Waals surface area contributed by atoms with E-state index in [4.69, 9.17) is 0 Å². The van der Waals surface area contributed by atoms with Crippen molar-refractivity contribution in [1.82, 2.24) is 9.88 Å². The van der Waals surface area contributed by atoms with E-state index in [1.54, 1.807) is 0 Å². The lowest BCUT2D eigenvalue weighted by molar-refractivity contribution is 0.307. The molecular weight excluding hydrogens is 160 g/mol. The Morgan fingerprint density at radius 2 is 2.31 bits per heavy atom. The number of likely N-dealkylation sites (N-methyl/N-ethyl adjacent to an activating group) is 1. The lowest BCUT2D eigenvalue weighted by atomic mass is 10.0. The first-order valence-corrected chi connectivity index (χ1v) is 4.96. The molecule has 2 rings (SSSR count). The predicted octanol–water partition coefficient (Wildman–Crippen LogP) is 1.63. The quantitative estimate of drug-likeness (QED) is 0.646. The molecule has 2 heteroatoms. The molecular formula is C11H16N2. The summed E-state index contributed by atoms with van der Waals surface area (Å²) >= 11 is 0. The van der Waals surface area contributed by atoms with E-state index < -0.39 is 0 Å². The van der Waals surface area contributed by atoms with Gasteiger partial charge in [-0.3, -0.25) is 4.98 Å².